The lowest BCUT2D eigenvalue weighted by atomic mass is 10.1. The largest absolute Gasteiger partial charge is 0.289 e. The SMILES string of the molecule is C=C/C=C(C=C)/C=C/C(=O)c1ccccc1.CC.CC.CF. The number of halogens is 1. The number of carbonyl (C=O) groups excluding carboxylic acids is 1. The Kier molecular flexibility index (Phi) is 23.7. The molecule has 22 heavy (non-hydrogen) atoms. The highest BCUT2D eigenvalue weighted by Crippen LogP contribution is 2.04. The molecule has 1 nitrogen and oxygen atoms in total. The highest BCUT2D eigenvalue weighted by Gasteiger charge is 1.98. The number of benzene rings is 1. The molecule has 1 rings (SSSR count). The Hall–Kier alpha value is -2.22. The van der Waals surface area contributed by atoms with E-state index in [-0.39, 0.29) is 5.78 Å². The molecule has 0 N–H and O–H groups in total. The third-order valence-electron chi connectivity index (χ3n) is 2.03. The molecule has 0 aliphatic carbocycles. The minimum atomic E-state index is -0.0163. The van der Waals surface area contributed by atoms with E-state index >= 15 is 0 Å². The van der Waals surface area contributed by atoms with Crippen LogP contribution in [0.2, 0.25) is 0 Å². The highest BCUT2D eigenvalue weighted by atomic mass is 19.1. The molecule has 0 bridgehead atoms. The smallest absolute Gasteiger partial charge is 0.185 e. The fourth-order valence-corrected chi connectivity index (χ4v) is 1.20. The second kappa shape index (κ2) is 21.1. The van der Waals surface area contributed by atoms with Gasteiger partial charge in [0.05, 0.1) is 7.18 Å². The quantitative estimate of drug-likeness (QED) is 0.351. The molecule has 1 aromatic carbocycles. The molecular formula is C20H29FO. The minimum absolute atomic E-state index is 0.0163. The first-order valence-electron chi connectivity index (χ1n) is 7.38. The maximum Gasteiger partial charge on any atom is 0.185 e. The summed E-state index contributed by atoms with van der Waals surface area (Å²) in [6.45, 7) is 15.2. The fraction of sp³-hybridized carbons (Fsp3) is 0.250. The van der Waals surface area contributed by atoms with E-state index in [4.69, 9.17) is 0 Å². The summed E-state index contributed by atoms with van der Waals surface area (Å²) in [4.78, 5) is 11.7. The van der Waals surface area contributed by atoms with Crippen molar-refractivity contribution in [1.29, 1.82) is 0 Å². The fourth-order valence-electron chi connectivity index (χ4n) is 1.20. The molecule has 0 aromatic heterocycles. The third kappa shape index (κ3) is 12.8. The first-order valence-corrected chi connectivity index (χ1v) is 7.38. The average Bonchev–Trinajstić information content (AvgIpc) is 2.64. The van der Waals surface area contributed by atoms with Crippen LogP contribution in [-0.4, -0.2) is 13.0 Å². The Balaban J connectivity index is -0.000000535. The molecule has 0 aliphatic heterocycles. The predicted molar refractivity (Wildman–Crippen MR) is 98.1 cm³/mol. The molecule has 0 spiro atoms. The highest BCUT2D eigenvalue weighted by molar-refractivity contribution is 6.04. The van der Waals surface area contributed by atoms with Gasteiger partial charge in [-0.15, -0.1) is 0 Å². The molecule has 0 heterocycles. The van der Waals surface area contributed by atoms with Gasteiger partial charge in [0.2, 0.25) is 0 Å². The van der Waals surface area contributed by atoms with Crippen LogP contribution < -0.4 is 0 Å². The van der Waals surface area contributed by atoms with E-state index in [1.165, 1.54) is 6.08 Å². The molecule has 0 aliphatic rings. The zero-order valence-electron chi connectivity index (χ0n) is 14.5. The summed E-state index contributed by atoms with van der Waals surface area (Å²) < 4.78 is 9.50. The maximum atomic E-state index is 11.7. The number of hydrogen-bond acceptors (Lipinski definition) is 1. The monoisotopic (exact) mass is 304 g/mol. The van der Waals surface area contributed by atoms with Crippen molar-refractivity contribution < 1.29 is 9.18 Å². The normalized spacial score (nSPS) is 9.09. The van der Waals surface area contributed by atoms with Crippen molar-refractivity contribution in [3.63, 3.8) is 0 Å². The second-order valence-electron chi connectivity index (χ2n) is 3.17. The molecule has 0 fully saturated rings. The minimum Gasteiger partial charge on any atom is -0.289 e. The number of ketones is 1. The van der Waals surface area contributed by atoms with Gasteiger partial charge in [-0.05, 0) is 11.6 Å². The van der Waals surface area contributed by atoms with Crippen molar-refractivity contribution in [2.45, 2.75) is 27.7 Å². The zero-order valence-corrected chi connectivity index (χ0v) is 14.5. The van der Waals surface area contributed by atoms with Gasteiger partial charge in [0.25, 0.3) is 0 Å². The number of hydrogen-bond donors (Lipinski definition) is 0. The summed E-state index contributed by atoms with van der Waals surface area (Å²) >= 11 is 0. The van der Waals surface area contributed by atoms with E-state index in [0.29, 0.717) is 12.7 Å². The number of allylic oxidation sites excluding steroid dienone is 6. The molecule has 1 aromatic rings. The van der Waals surface area contributed by atoms with Crippen LogP contribution in [0.5, 0.6) is 0 Å². The topological polar surface area (TPSA) is 17.1 Å². The van der Waals surface area contributed by atoms with Gasteiger partial charge >= 0.3 is 0 Å². The van der Waals surface area contributed by atoms with Crippen LogP contribution in [0.3, 0.4) is 0 Å². The van der Waals surface area contributed by atoms with Crippen molar-refractivity contribution in [1.82, 2.24) is 0 Å². The zero-order chi connectivity index (χ0) is 17.8. The number of carbonyl (C=O) groups is 1. The van der Waals surface area contributed by atoms with Crippen molar-refractivity contribution in [3.05, 3.63) is 85.0 Å². The first-order chi connectivity index (χ1) is 10.8. The summed E-state index contributed by atoms with van der Waals surface area (Å²) in [6, 6.07) is 9.15. The van der Waals surface area contributed by atoms with Crippen molar-refractivity contribution in [2.24, 2.45) is 0 Å². The van der Waals surface area contributed by atoms with Crippen LogP contribution in [0.25, 0.3) is 0 Å². The molecular weight excluding hydrogens is 275 g/mol. The van der Waals surface area contributed by atoms with Crippen LogP contribution >= 0.6 is 0 Å². The molecule has 0 amide bonds. The summed E-state index contributed by atoms with van der Waals surface area (Å²) in [5.41, 5.74) is 1.54. The Morgan fingerprint density at radius 3 is 1.86 bits per heavy atom. The van der Waals surface area contributed by atoms with Gasteiger partial charge in [-0.1, -0.05) is 95.5 Å². The molecule has 0 saturated heterocycles. The van der Waals surface area contributed by atoms with Gasteiger partial charge in [0.15, 0.2) is 5.78 Å². The van der Waals surface area contributed by atoms with Crippen molar-refractivity contribution in [2.75, 3.05) is 7.18 Å². The Morgan fingerprint density at radius 2 is 1.45 bits per heavy atom. The average molecular weight is 304 g/mol. The van der Waals surface area contributed by atoms with Gasteiger partial charge in [-0.2, -0.15) is 0 Å². The van der Waals surface area contributed by atoms with Crippen LogP contribution in [0.1, 0.15) is 38.1 Å². The molecule has 0 radical (unpaired) electrons. The molecule has 122 valence electrons. The van der Waals surface area contributed by atoms with Gasteiger partial charge in [0.1, 0.15) is 0 Å². The van der Waals surface area contributed by atoms with Crippen molar-refractivity contribution in [3.8, 4) is 0 Å². The molecule has 0 saturated carbocycles. The van der Waals surface area contributed by atoms with E-state index < -0.39 is 0 Å². The Bertz CT molecular complexity index is 442. The van der Waals surface area contributed by atoms with Crippen LogP contribution in [0.4, 0.5) is 4.39 Å². The van der Waals surface area contributed by atoms with E-state index in [0.717, 1.165) is 5.57 Å². The third-order valence-corrected chi connectivity index (χ3v) is 2.03. The van der Waals surface area contributed by atoms with E-state index in [2.05, 4.69) is 13.2 Å². The summed E-state index contributed by atoms with van der Waals surface area (Å²) in [6.07, 6.45) is 8.39. The molecule has 2 heteroatoms. The summed E-state index contributed by atoms with van der Waals surface area (Å²) in [5, 5.41) is 0. The van der Waals surface area contributed by atoms with E-state index in [1.807, 2.05) is 45.9 Å². The number of alkyl halides is 1. The lowest BCUT2D eigenvalue weighted by molar-refractivity contribution is 0.104. The van der Waals surface area contributed by atoms with Crippen LogP contribution in [0, 0.1) is 0 Å². The first kappa shape index (κ1) is 24.8. The van der Waals surface area contributed by atoms with Crippen molar-refractivity contribution >= 4 is 5.78 Å². The van der Waals surface area contributed by atoms with E-state index in [1.54, 1.807) is 36.4 Å². The lowest BCUT2D eigenvalue weighted by Crippen LogP contribution is -1.92. The Morgan fingerprint density at radius 1 is 0.955 bits per heavy atom. The standard InChI is InChI=1S/C15H14O.2C2H6.CH3F/c1-3-8-13(4-2)11-12-15(16)14-9-6-5-7-10-14;3*1-2/h3-12H,1-2H2;2*1-2H3;1H3/b12-11+,13-8+;;;. The molecule has 0 atom stereocenters. The summed E-state index contributed by atoms with van der Waals surface area (Å²) in [7, 11) is 0.500. The van der Waals surface area contributed by atoms with Gasteiger partial charge in [-0.25, -0.2) is 0 Å². The van der Waals surface area contributed by atoms with Gasteiger partial charge < -0.3 is 0 Å². The van der Waals surface area contributed by atoms with Crippen LogP contribution in [-0.2, 0) is 0 Å². The van der Waals surface area contributed by atoms with Gasteiger partial charge in [0, 0.05) is 5.56 Å². The molecule has 0 unspecified atom stereocenters. The lowest BCUT2D eigenvalue weighted by Gasteiger charge is -1.94. The predicted octanol–water partition coefficient (Wildman–Crippen LogP) is 6.36. The maximum absolute atomic E-state index is 11.7. The summed E-state index contributed by atoms with van der Waals surface area (Å²) in [5.74, 6) is -0.0163. The van der Waals surface area contributed by atoms with Crippen LogP contribution in [0.15, 0.2) is 79.4 Å². The van der Waals surface area contributed by atoms with E-state index in [9.17, 15) is 9.18 Å². The second-order valence-corrected chi connectivity index (χ2v) is 3.17. The Labute approximate surface area is 135 Å². The number of rotatable bonds is 5. The van der Waals surface area contributed by atoms with Gasteiger partial charge in [-0.3, -0.25) is 9.18 Å².